The lowest BCUT2D eigenvalue weighted by Gasteiger charge is -2.32. The lowest BCUT2D eigenvalue weighted by Crippen LogP contribution is -2.32. The Morgan fingerprint density at radius 1 is 1.43 bits per heavy atom. The van der Waals surface area contributed by atoms with Gasteiger partial charge in [0, 0.05) is 4.90 Å². The van der Waals surface area contributed by atoms with Crippen molar-refractivity contribution >= 4 is 10.8 Å². The van der Waals surface area contributed by atoms with E-state index in [0.29, 0.717) is 5.92 Å². The molecule has 4 unspecified atom stereocenters. The second kappa shape index (κ2) is 7.61. The normalized spacial score (nSPS) is 26.8. The second-order valence-corrected chi connectivity index (χ2v) is 7.39. The molecule has 21 heavy (non-hydrogen) atoms. The number of ether oxygens (including phenoxy) is 1. The van der Waals surface area contributed by atoms with Crippen LogP contribution in [0.4, 0.5) is 0 Å². The Bertz CT molecular complexity index is 538. The molecule has 0 spiro atoms. The van der Waals surface area contributed by atoms with Crippen LogP contribution in [0.25, 0.3) is 0 Å². The maximum Gasteiger partial charge on any atom is 0.120 e. The van der Waals surface area contributed by atoms with Crippen molar-refractivity contribution in [2.75, 3.05) is 7.11 Å². The smallest absolute Gasteiger partial charge is 0.120 e. The Balaban J connectivity index is 2.19. The molecule has 0 saturated heterocycles. The summed E-state index contributed by atoms with van der Waals surface area (Å²) in [6.07, 6.45) is 5.19. The van der Waals surface area contributed by atoms with Gasteiger partial charge in [0.15, 0.2) is 0 Å². The van der Waals surface area contributed by atoms with Crippen LogP contribution in [-0.2, 0) is 10.8 Å². The molecule has 114 valence electrons. The highest BCUT2D eigenvalue weighted by Crippen LogP contribution is 2.36. The molecule has 0 N–H and O–H groups in total. The maximum absolute atomic E-state index is 12.9. The molecule has 1 aliphatic rings. The highest BCUT2D eigenvalue weighted by Gasteiger charge is 2.34. The largest absolute Gasteiger partial charge is 0.497 e. The fourth-order valence-corrected chi connectivity index (χ4v) is 4.90. The summed E-state index contributed by atoms with van der Waals surface area (Å²) in [5.74, 6) is 1.24. The lowest BCUT2D eigenvalue weighted by molar-refractivity contribution is 0.303. The van der Waals surface area contributed by atoms with Crippen molar-refractivity contribution < 1.29 is 8.95 Å². The summed E-state index contributed by atoms with van der Waals surface area (Å²) in [7, 11) is 0.471. The average molecular weight is 305 g/mol. The molecule has 1 aliphatic carbocycles. The van der Waals surface area contributed by atoms with Crippen molar-refractivity contribution in [2.24, 2.45) is 11.8 Å². The fraction of sp³-hybridized carbons (Fsp3) is 0.588. The molecule has 0 radical (unpaired) electrons. The third kappa shape index (κ3) is 3.85. The number of hydrogen-bond donors (Lipinski definition) is 0. The molecule has 0 aromatic heterocycles. The third-order valence-corrected chi connectivity index (χ3v) is 6.10. The highest BCUT2D eigenvalue weighted by atomic mass is 32.2. The average Bonchev–Trinajstić information content (AvgIpc) is 2.54. The summed E-state index contributed by atoms with van der Waals surface area (Å²) in [5, 5.41) is 9.32. The van der Waals surface area contributed by atoms with E-state index in [1.807, 2.05) is 24.3 Å². The first-order chi connectivity index (χ1) is 10.2. The zero-order valence-corrected chi connectivity index (χ0v) is 13.6. The Hall–Kier alpha value is -1.34. The van der Waals surface area contributed by atoms with Crippen LogP contribution < -0.4 is 4.74 Å². The molecule has 3 nitrogen and oxygen atoms in total. The Kier molecular flexibility index (Phi) is 5.81. The van der Waals surface area contributed by atoms with E-state index in [1.54, 1.807) is 7.11 Å². The van der Waals surface area contributed by atoms with E-state index in [0.717, 1.165) is 36.3 Å². The van der Waals surface area contributed by atoms with Crippen LogP contribution in [-0.4, -0.2) is 16.6 Å². The fourth-order valence-electron chi connectivity index (χ4n) is 3.17. The molecular formula is C17H23NO2S. The summed E-state index contributed by atoms with van der Waals surface area (Å²) in [4.78, 5) is 0.775. The van der Waals surface area contributed by atoms with E-state index in [-0.39, 0.29) is 11.2 Å². The van der Waals surface area contributed by atoms with Crippen LogP contribution in [0.3, 0.4) is 0 Å². The second-order valence-electron chi connectivity index (χ2n) is 5.72. The van der Waals surface area contributed by atoms with Crippen molar-refractivity contribution in [2.45, 2.75) is 49.2 Å². The summed E-state index contributed by atoms with van der Waals surface area (Å²) in [6, 6.07) is 9.78. The zero-order chi connectivity index (χ0) is 15.2. The van der Waals surface area contributed by atoms with Gasteiger partial charge in [-0.15, -0.1) is 0 Å². The summed E-state index contributed by atoms with van der Waals surface area (Å²) < 4.78 is 18.1. The molecule has 0 bridgehead atoms. The van der Waals surface area contributed by atoms with Crippen LogP contribution in [0.1, 0.15) is 39.0 Å². The van der Waals surface area contributed by atoms with Gasteiger partial charge in [-0.05, 0) is 43.4 Å². The number of rotatable bonds is 5. The first kappa shape index (κ1) is 16.0. The van der Waals surface area contributed by atoms with Crippen LogP contribution in [0.5, 0.6) is 5.75 Å². The summed E-state index contributed by atoms with van der Waals surface area (Å²) >= 11 is 0. The van der Waals surface area contributed by atoms with E-state index < -0.39 is 10.8 Å². The van der Waals surface area contributed by atoms with Gasteiger partial charge in [0.25, 0.3) is 0 Å². The van der Waals surface area contributed by atoms with Crippen LogP contribution in [0.2, 0.25) is 0 Å². The van der Waals surface area contributed by atoms with Gasteiger partial charge in [-0.3, -0.25) is 4.21 Å². The van der Waals surface area contributed by atoms with Gasteiger partial charge >= 0.3 is 0 Å². The van der Waals surface area contributed by atoms with Crippen LogP contribution in [0.15, 0.2) is 29.2 Å². The molecular weight excluding hydrogens is 282 g/mol. The summed E-state index contributed by atoms with van der Waals surface area (Å²) in [6.45, 7) is 2.18. The minimum atomic E-state index is -1.14. The molecule has 0 amide bonds. The van der Waals surface area contributed by atoms with E-state index in [1.165, 1.54) is 6.42 Å². The molecule has 1 fully saturated rings. The monoisotopic (exact) mass is 305 g/mol. The Morgan fingerprint density at radius 2 is 2.24 bits per heavy atom. The van der Waals surface area contributed by atoms with Gasteiger partial charge in [-0.1, -0.05) is 25.8 Å². The first-order valence-corrected chi connectivity index (χ1v) is 8.85. The highest BCUT2D eigenvalue weighted by molar-refractivity contribution is 7.85. The van der Waals surface area contributed by atoms with E-state index >= 15 is 0 Å². The lowest BCUT2D eigenvalue weighted by atomic mass is 9.80. The van der Waals surface area contributed by atoms with Crippen molar-refractivity contribution in [3.05, 3.63) is 24.3 Å². The Labute approximate surface area is 129 Å². The molecule has 0 aliphatic heterocycles. The number of hydrogen-bond acceptors (Lipinski definition) is 3. The first-order valence-electron chi connectivity index (χ1n) is 7.63. The van der Waals surface area contributed by atoms with Crippen molar-refractivity contribution in [1.29, 1.82) is 5.26 Å². The van der Waals surface area contributed by atoms with E-state index in [9.17, 15) is 9.47 Å². The topological polar surface area (TPSA) is 50.1 Å². The molecule has 0 heterocycles. The minimum absolute atomic E-state index is 0.0487. The van der Waals surface area contributed by atoms with E-state index in [4.69, 9.17) is 4.74 Å². The number of nitrogens with zero attached hydrogens (tertiary/aromatic N) is 1. The predicted octanol–water partition coefficient (Wildman–Crippen LogP) is 3.91. The SMILES string of the molecule is CCCC1CCC(C#N)C(S(=O)c2cccc(OC)c2)C1. The zero-order valence-electron chi connectivity index (χ0n) is 12.7. The molecule has 4 heteroatoms. The van der Waals surface area contributed by atoms with Crippen molar-refractivity contribution in [1.82, 2.24) is 0 Å². The Morgan fingerprint density at radius 3 is 2.90 bits per heavy atom. The minimum Gasteiger partial charge on any atom is -0.497 e. The predicted molar refractivity (Wildman–Crippen MR) is 84.5 cm³/mol. The van der Waals surface area contributed by atoms with Crippen LogP contribution in [0, 0.1) is 23.2 Å². The van der Waals surface area contributed by atoms with Gasteiger partial charge in [-0.25, -0.2) is 0 Å². The molecule has 1 saturated carbocycles. The molecule has 1 aromatic carbocycles. The van der Waals surface area contributed by atoms with Gasteiger partial charge in [-0.2, -0.15) is 5.26 Å². The molecule has 1 aromatic rings. The van der Waals surface area contributed by atoms with Crippen LogP contribution >= 0.6 is 0 Å². The third-order valence-electron chi connectivity index (χ3n) is 4.31. The maximum atomic E-state index is 12.9. The quantitative estimate of drug-likeness (QED) is 0.828. The standard InChI is InChI=1S/C17H23NO2S/c1-3-5-13-8-9-14(12-18)17(10-13)21(19)16-7-4-6-15(11-16)20-2/h4,6-7,11,13-14,17H,3,5,8-10H2,1-2H3. The number of benzene rings is 1. The summed E-state index contributed by atoms with van der Waals surface area (Å²) in [5.41, 5.74) is 0. The number of methoxy groups -OCH3 is 1. The van der Waals surface area contributed by atoms with Gasteiger partial charge in [0.05, 0.1) is 35.1 Å². The van der Waals surface area contributed by atoms with Crippen molar-refractivity contribution in [3.8, 4) is 11.8 Å². The van der Waals surface area contributed by atoms with E-state index in [2.05, 4.69) is 13.0 Å². The molecule has 2 rings (SSSR count). The van der Waals surface area contributed by atoms with Gasteiger partial charge in [0.1, 0.15) is 5.75 Å². The number of nitriles is 1. The molecule has 4 atom stereocenters. The van der Waals surface area contributed by atoms with Gasteiger partial charge in [0.2, 0.25) is 0 Å². The van der Waals surface area contributed by atoms with Gasteiger partial charge < -0.3 is 4.74 Å². The van der Waals surface area contributed by atoms with Crippen molar-refractivity contribution in [3.63, 3.8) is 0 Å².